The Kier molecular flexibility index (Phi) is 4.57. The highest BCUT2D eigenvalue weighted by Crippen LogP contribution is 2.35. The number of carbonyl (C=O) groups is 1. The van der Waals surface area contributed by atoms with Gasteiger partial charge in [0.2, 0.25) is 11.8 Å². The van der Waals surface area contributed by atoms with Crippen LogP contribution in [0.25, 0.3) is 0 Å². The summed E-state index contributed by atoms with van der Waals surface area (Å²) in [4.78, 5) is 16.5. The van der Waals surface area contributed by atoms with E-state index >= 15 is 0 Å². The first kappa shape index (κ1) is 14.3. The minimum Gasteiger partial charge on any atom is -0.481 e. The summed E-state index contributed by atoms with van der Waals surface area (Å²) in [7, 11) is 1.54. The van der Waals surface area contributed by atoms with Crippen molar-refractivity contribution in [2.45, 2.75) is 38.5 Å². The van der Waals surface area contributed by atoms with Gasteiger partial charge >= 0.3 is 0 Å². The Morgan fingerprint density at radius 2 is 2.05 bits per heavy atom. The first-order chi connectivity index (χ1) is 9.70. The van der Waals surface area contributed by atoms with Gasteiger partial charge in [-0.1, -0.05) is 25.7 Å². The Morgan fingerprint density at radius 1 is 1.35 bits per heavy atom. The maximum absolute atomic E-state index is 12.4. The zero-order valence-electron chi connectivity index (χ0n) is 11.7. The van der Waals surface area contributed by atoms with Crippen molar-refractivity contribution in [1.29, 1.82) is 5.26 Å². The molecule has 5 heteroatoms. The van der Waals surface area contributed by atoms with Crippen molar-refractivity contribution in [1.82, 2.24) is 4.98 Å². The highest BCUT2D eigenvalue weighted by atomic mass is 16.5. The van der Waals surface area contributed by atoms with Crippen molar-refractivity contribution < 1.29 is 9.53 Å². The van der Waals surface area contributed by atoms with Crippen LogP contribution in [0.15, 0.2) is 18.3 Å². The first-order valence-electron chi connectivity index (χ1n) is 6.93. The summed E-state index contributed by atoms with van der Waals surface area (Å²) in [6.07, 6.45) is 6.88. The van der Waals surface area contributed by atoms with Crippen LogP contribution >= 0.6 is 0 Å². The predicted molar refractivity (Wildman–Crippen MR) is 75.2 cm³/mol. The lowest BCUT2D eigenvalue weighted by molar-refractivity contribution is -0.123. The van der Waals surface area contributed by atoms with Crippen LogP contribution in [0.1, 0.15) is 38.5 Å². The number of nitrogens with one attached hydrogen (secondary N) is 1. The van der Waals surface area contributed by atoms with Crippen LogP contribution in [0.4, 0.5) is 5.69 Å². The number of hydrogen-bond acceptors (Lipinski definition) is 4. The lowest BCUT2D eigenvalue weighted by atomic mass is 9.81. The van der Waals surface area contributed by atoms with E-state index in [-0.39, 0.29) is 5.91 Å². The van der Waals surface area contributed by atoms with Gasteiger partial charge < -0.3 is 10.1 Å². The van der Waals surface area contributed by atoms with E-state index in [9.17, 15) is 10.1 Å². The number of anilines is 1. The summed E-state index contributed by atoms with van der Waals surface area (Å²) >= 11 is 0. The third-order valence-electron chi connectivity index (χ3n) is 3.81. The maximum atomic E-state index is 12.4. The lowest BCUT2D eigenvalue weighted by Crippen LogP contribution is -2.34. The van der Waals surface area contributed by atoms with E-state index in [0.717, 1.165) is 25.7 Å². The highest BCUT2D eigenvalue weighted by molar-refractivity contribution is 5.97. The minimum atomic E-state index is -0.892. The Bertz CT molecular complexity index is 497. The number of nitrogens with zero attached hydrogens (tertiary/aromatic N) is 2. The van der Waals surface area contributed by atoms with Gasteiger partial charge in [0, 0.05) is 6.07 Å². The third kappa shape index (κ3) is 3.08. The minimum absolute atomic E-state index is 0.214. The van der Waals surface area contributed by atoms with E-state index in [4.69, 9.17) is 4.74 Å². The standard InChI is InChI=1S/C15H19N3O2/c1-20-13-7-6-12(10-17-13)18-14(19)15(11-16)8-4-2-3-5-9-15/h6-7,10H,2-5,8-9H2,1H3,(H,18,19). The molecule has 1 aliphatic rings. The summed E-state index contributed by atoms with van der Waals surface area (Å²) < 4.78 is 4.97. The van der Waals surface area contributed by atoms with Gasteiger partial charge in [0.15, 0.2) is 0 Å². The molecule has 0 unspecified atom stereocenters. The third-order valence-corrected chi connectivity index (χ3v) is 3.81. The average Bonchev–Trinajstić information content (AvgIpc) is 2.74. The molecule has 0 atom stereocenters. The van der Waals surface area contributed by atoms with E-state index < -0.39 is 5.41 Å². The quantitative estimate of drug-likeness (QED) is 0.859. The number of amides is 1. The molecule has 0 bridgehead atoms. The monoisotopic (exact) mass is 273 g/mol. The fraction of sp³-hybridized carbons (Fsp3) is 0.533. The normalized spacial score (nSPS) is 17.6. The van der Waals surface area contributed by atoms with Gasteiger partial charge in [-0.25, -0.2) is 4.98 Å². The number of ether oxygens (including phenoxy) is 1. The van der Waals surface area contributed by atoms with Crippen LogP contribution in [0.5, 0.6) is 5.88 Å². The molecule has 0 spiro atoms. The smallest absolute Gasteiger partial charge is 0.244 e. The number of nitriles is 1. The number of pyridine rings is 1. The number of carbonyl (C=O) groups excluding carboxylic acids is 1. The van der Waals surface area contributed by atoms with E-state index in [1.54, 1.807) is 18.3 Å². The molecule has 0 saturated heterocycles. The zero-order chi connectivity index (χ0) is 14.4. The van der Waals surface area contributed by atoms with Crippen molar-refractivity contribution in [2.24, 2.45) is 5.41 Å². The molecule has 106 valence electrons. The molecule has 1 amide bonds. The van der Waals surface area contributed by atoms with Crippen molar-refractivity contribution in [2.75, 3.05) is 12.4 Å². The topological polar surface area (TPSA) is 75.0 Å². The van der Waals surface area contributed by atoms with E-state index in [1.807, 2.05) is 0 Å². The summed E-state index contributed by atoms with van der Waals surface area (Å²) in [5.41, 5.74) is -0.300. The van der Waals surface area contributed by atoms with Crippen molar-refractivity contribution in [3.8, 4) is 11.9 Å². The maximum Gasteiger partial charge on any atom is 0.244 e. The Balaban J connectivity index is 2.10. The SMILES string of the molecule is COc1ccc(NC(=O)C2(C#N)CCCCCC2)cn1. The molecule has 1 aromatic heterocycles. The van der Waals surface area contributed by atoms with E-state index in [1.165, 1.54) is 7.11 Å². The fourth-order valence-corrected chi connectivity index (χ4v) is 2.55. The summed E-state index contributed by atoms with van der Waals surface area (Å²) in [5.74, 6) is 0.279. The molecule has 2 rings (SSSR count). The Labute approximate surface area is 119 Å². The molecule has 0 aromatic carbocycles. The van der Waals surface area contributed by atoms with Crippen LogP contribution < -0.4 is 10.1 Å². The molecule has 1 aliphatic carbocycles. The fourth-order valence-electron chi connectivity index (χ4n) is 2.55. The molecular formula is C15H19N3O2. The second kappa shape index (κ2) is 6.38. The van der Waals surface area contributed by atoms with Crippen LogP contribution in [-0.4, -0.2) is 18.0 Å². The van der Waals surface area contributed by atoms with Crippen LogP contribution in [0, 0.1) is 16.7 Å². The van der Waals surface area contributed by atoms with Crippen LogP contribution in [0.2, 0.25) is 0 Å². The number of rotatable bonds is 3. The second-order valence-electron chi connectivity index (χ2n) is 5.15. The van der Waals surface area contributed by atoms with Gasteiger partial charge in [-0.3, -0.25) is 4.79 Å². The lowest BCUT2D eigenvalue weighted by Gasteiger charge is -2.23. The van der Waals surface area contributed by atoms with Gasteiger partial charge in [-0.2, -0.15) is 5.26 Å². The molecule has 20 heavy (non-hydrogen) atoms. The molecule has 1 N–H and O–H groups in total. The zero-order valence-corrected chi connectivity index (χ0v) is 11.7. The van der Waals surface area contributed by atoms with E-state index in [0.29, 0.717) is 24.4 Å². The predicted octanol–water partition coefficient (Wildman–Crippen LogP) is 2.89. The van der Waals surface area contributed by atoms with Gasteiger partial charge in [0.05, 0.1) is 25.1 Å². The number of aromatic nitrogens is 1. The summed E-state index contributed by atoms with van der Waals surface area (Å²) in [6, 6.07) is 5.65. The summed E-state index contributed by atoms with van der Waals surface area (Å²) in [5, 5.41) is 12.3. The molecule has 5 nitrogen and oxygen atoms in total. The average molecular weight is 273 g/mol. The molecule has 1 saturated carbocycles. The van der Waals surface area contributed by atoms with Crippen molar-refractivity contribution in [3.05, 3.63) is 18.3 Å². The van der Waals surface area contributed by atoms with Gasteiger partial charge in [0.1, 0.15) is 5.41 Å². The van der Waals surface area contributed by atoms with Crippen molar-refractivity contribution >= 4 is 11.6 Å². The van der Waals surface area contributed by atoms with Crippen LogP contribution in [0.3, 0.4) is 0 Å². The van der Waals surface area contributed by atoms with Crippen molar-refractivity contribution in [3.63, 3.8) is 0 Å². The van der Waals surface area contributed by atoms with Gasteiger partial charge in [-0.15, -0.1) is 0 Å². The van der Waals surface area contributed by atoms with E-state index in [2.05, 4.69) is 16.4 Å². The highest BCUT2D eigenvalue weighted by Gasteiger charge is 2.38. The number of methoxy groups -OCH3 is 1. The molecule has 1 heterocycles. The first-order valence-corrected chi connectivity index (χ1v) is 6.93. The molecule has 1 aromatic rings. The molecule has 0 radical (unpaired) electrons. The molecule has 0 aliphatic heterocycles. The molecular weight excluding hydrogens is 254 g/mol. The van der Waals surface area contributed by atoms with Gasteiger partial charge in [-0.05, 0) is 18.9 Å². The van der Waals surface area contributed by atoms with Gasteiger partial charge in [0.25, 0.3) is 0 Å². The Morgan fingerprint density at radius 3 is 2.55 bits per heavy atom. The number of hydrogen-bond donors (Lipinski definition) is 1. The second-order valence-corrected chi connectivity index (χ2v) is 5.15. The Hall–Kier alpha value is -2.09. The largest absolute Gasteiger partial charge is 0.481 e. The summed E-state index contributed by atoms with van der Waals surface area (Å²) in [6.45, 7) is 0. The van der Waals surface area contributed by atoms with Crippen LogP contribution in [-0.2, 0) is 4.79 Å². The molecule has 1 fully saturated rings.